The van der Waals surface area contributed by atoms with Gasteiger partial charge >= 0.3 is 0 Å². The van der Waals surface area contributed by atoms with E-state index < -0.39 is 0 Å². The van der Waals surface area contributed by atoms with Crippen LogP contribution in [0.25, 0.3) is 5.69 Å². The van der Waals surface area contributed by atoms with Crippen molar-refractivity contribution in [2.45, 2.75) is 58.6 Å². The Morgan fingerprint density at radius 1 is 1.06 bits per heavy atom. The summed E-state index contributed by atoms with van der Waals surface area (Å²) in [4.78, 5) is 25.0. The van der Waals surface area contributed by atoms with Crippen molar-refractivity contribution in [2.75, 3.05) is 6.54 Å². The summed E-state index contributed by atoms with van der Waals surface area (Å²) in [5, 5.41) is 14.2. The normalized spacial score (nSPS) is 13.4. The fraction of sp³-hybridized carbons (Fsp3) is 0.385. The topological polar surface area (TPSA) is 98.1 Å². The van der Waals surface area contributed by atoms with Crippen LogP contribution in [0.5, 0.6) is 5.75 Å². The van der Waals surface area contributed by atoms with Crippen LogP contribution in [0.1, 0.15) is 72.6 Å². The molecule has 2 N–H and O–H groups in total. The first-order chi connectivity index (χ1) is 16.3. The minimum atomic E-state index is -0.254. The zero-order valence-corrected chi connectivity index (χ0v) is 20.1. The molecule has 0 atom stereocenters. The second-order valence-corrected chi connectivity index (χ2v) is 9.49. The first kappa shape index (κ1) is 23.5. The lowest BCUT2D eigenvalue weighted by Gasteiger charge is -2.22. The number of ether oxygens (including phenoxy) is 1. The van der Waals surface area contributed by atoms with Crippen LogP contribution in [-0.4, -0.2) is 39.4 Å². The molecule has 0 spiro atoms. The number of rotatable bonds is 8. The molecular weight excluding hydrogens is 430 g/mol. The van der Waals surface area contributed by atoms with Crippen LogP contribution < -0.4 is 15.4 Å². The summed E-state index contributed by atoms with van der Waals surface area (Å²) >= 11 is 0. The van der Waals surface area contributed by atoms with E-state index in [1.165, 1.54) is 0 Å². The molecule has 34 heavy (non-hydrogen) atoms. The van der Waals surface area contributed by atoms with E-state index in [9.17, 15) is 9.59 Å². The van der Waals surface area contributed by atoms with Crippen molar-refractivity contribution in [3.63, 3.8) is 0 Å². The number of amides is 2. The summed E-state index contributed by atoms with van der Waals surface area (Å²) in [6.45, 7) is 8.94. The molecular formula is C26H31N5O3. The zero-order valence-electron chi connectivity index (χ0n) is 20.1. The van der Waals surface area contributed by atoms with E-state index >= 15 is 0 Å². The predicted octanol–water partition coefficient (Wildman–Crippen LogP) is 3.79. The summed E-state index contributed by atoms with van der Waals surface area (Å²) in [7, 11) is 0. The largest absolute Gasteiger partial charge is 0.487 e. The molecule has 0 bridgehead atoms. The maximum absolute atomic E-state index is 12.9. The molecule has 1 aromatic heterocycles. The Balaban J connectivity index is 1.65. The van der Waals surface area contributed by atoms with Crippen molar-refractivity contribution in [1.29, 1.82) is 0 Å². The van der Waals surface area contributed by atoms with Gasteiger partial charge in [0.25, 0.3) is 11.8 Å². The van der Waals surface area contributed by atoms with Gasteiger partial charge in [-0.1, -0.05) is 44.2 Å². The fourth-order valence-electron chi connectivity index (χ4n) is 3.67. The number of hydrogen-bond acceptors (Lipinski definition) is 5. The number of nitrogens with one attached hydrogen (secondary N) is 2. The molecule has 2 amide bonds. The number of nitrogens with zero attached hydrogens (tertiary/aromatic N) is 3. The van der Waals surface area contributed by atoms with Crippen LogP contribution in [0.4, 0.5) is 0 Å². The SMILES string of the molecule is CCNC(=O)c1ccc(-n2nnc(C(=O)NC3CC3)c2COc2ccccc2C(C)(C)C)cc1. The van der Waals surface area contributed by atoms with Crippen molar-refractivity contribution < 1.29 is 14.3 Å². The van der Waals surface area contributed by atoms with Crippen LogP contribution in [0.2, 0.25) is 0 Å². The number of benzene rings is 2. The lowest BCUT2D eigenvalue weighted by molar-refractivity contribution is 0.0939. The molecule has 0 unspecified atom stereocenters. The minimum absolute atomic E-state index is 0.101. The van der Waals surface area contributed by atoms with E-state index in [4.69, 9.17) is 4.74 Å². The highest BCUT2D eigenvalue weighted by molar-refractivity contribution is 5.94. The minimum Gasteiger partial charge on any atom is -0.487 e. The van der Waals surface area contributed by atoms with Crippen molar-refractivity contribution in [1.82, 2.24) is 25.6 Å². The van der Waals surface area contributed by atoms with Gasteiger partial charge in [-0.15, -0.1) is 5.10 Å². The van der Waals surface area contributed by atoms with E-state index in [2.05, 4.69) is 41.7 Å². The van der Waals surface area contributed by atoms with E-state index in [0.29, 0.717) is 23.5 Å². The van der Waals surface area contributed by atoms with Crippen LogP contribution in [-0.2, 0) is 12.0 Å². The van der Waals surface area contributed by atoms with E-state index in [-0.39, 0.29) is 35.6 Å². The molecule has 0 radical (unpaired) electrons. The Labute approximate surface area is 199 Å². The molecule has 178 valence electrons. The standard InChI is InChI=1S/C26H31N5O3/c1-5-27-24(32)17-10-14-19(15-11-17)31-21(23(29-30-31)25(33)28-18-12-13-18)16-34-22-9-7-6-8-20(22)26(2,3)4/h6-11,14-15,18H,5,12-13,16H2,1-4H3,(H,27,32)(H,28,33). The number of carbonyl (C=O) groups excluding carboxylic acids is 2. The number of hydrogen-bond donors (Lipinski definition) is 2. The molecule has 1 saturated carbocycles. The van der Waals surface area contributed by atoms with Gasteiger partial charge in [0.05, 0.1) is 5.69 Å². The summed E-state index contributed by atoms with van der Waals surface area (Å²) in [6.07, 6.45) is 1.96. The first-order valence-electron chi connectivity index (χ1n) is 11.6. The Bertz CT molecular complexity index is 1170. The molecule has 0 saturated heterocycles. The van der Waals surface area contributed by atoms with Gasteiger partial charge in [0.2, 0.25) is 0 Å². The number of para-hydroxylation sites is 1. The third-order valence-corrected chi connectivity index (χ3v) is 5.66. The Kier molecular flexibility index (Phi) is 6.68. The molecule has 1 heterocycles. The second kappa shape index (κ2) is 9.67. The van der Waals surface area contributed by atoms with Crippen molar-refractivity contribution >= 4 is 11.8 Å². The smallest absolute Gasteiger partial charge is 0.274 e. The zero-order chi connectivity index (χ0) is 24.3. The second-order valence-electron chi connectivity index (χ2n) is 9.49. The van der Waals surface area contributed by atoms with Gasteiger partial charge in [-0.3, -0.25) is 9.59 Å². The highest BCUT2D eigenvalue weighted by Crippen LogP contribution is 2.31. The fourth-order valence-corrected chi connectivity index (χ4v) is 3.67. The maximum atomic E-state index is 12.9. The lowest BCUT2D eigenvalue weighted by Crippen LogP contribution is -2.27. The highest BCUT2D eigenvalue weighted by Gasteiger charge is 2.28. The average molecular weight is 462 g/mol. The molecule has 1 aliphatic rings. The van der Waals surface area contributed by atoms with E-state index in [1.807, 2.05) is 31.2 Å². The van der Waals surface area contributed by atoms with Gasteiger partial charge in [-0.2, -0.15) is 0 Å². The molecule has 8 nitrogen and oxygen atoms in total. The molecule has 1 fully saturated rings. The molecule has 8 heteroatoms. The lowest BCUT2D eigenvalue weighted by atomic mass is 9.86. The Hall–Kier alpha value is -3.68. The van der Waals surface area contributed by atoms with Crippen LogP contribution in [0.3, 0.4) is 0 Å². The summed E-state index contributed by atoms with van der Waals surface area (Å²) in [6, 6.07) is 15.1. The summed E-state index contributed by atoms with van der Waals surface area (Å²) in [5.74, 6) is 0.359. The van der Waals surface area contributed by atoms with Crippen LogP contribution >= 0.6 is 0 Å². The van der Waals surface area contributed by atoms with Crippen molar-refractivity contribution in [3.8, 4) is 11.4 Å². The van der Waals surface area contributed by atoms with Gasteiger partial charge in [0.15, 0.2) is 5.69 Å². The highest BCUT2D eigenvalue weighted by atomic mass is 16.5. The van der Waals surface area contributed by atoms with Gasteiger partial charge in [-0.25, -0.2) is 4.68 Å². The quantitative estimate of drug-likeness (QED) is 0.532. The summed E-state index contributed by atoms with van der Waals surface area (Å²) in [5.41, 5.74) is 3.00. The predicted molar refractivity (Wildman–Crippen MR) is 129 cm³/mol. The van der Waals surface area contributed by atoms with Gasteiger partial charge < -0.3 is 15.4 Å². The van der Waals surface area contributed by atoms with E-state index in [0.717, 1.165) is 24.2 Å². The molecule has 4 rings (SSSR count). The van der Waals surface area contributed by atoms with E-state index in [1.54, 1.807) is 28.9 Å². The van der Waals surface area contributed by atoms with Gasteiger partial charge in [0.1, 0.15) is 18.1 Å². The first-order valence-corrected chi connectivity index (χ1v) is 11.6. The third-order valence-electron chi connectivity index (χ3n) is 5.66. The molecule has 1 aliphatic carbocycles. The number of carbonyl (C=O) groups is 2. The van der Waals surface area contributed by atoms with Gasteiger partial charge in [0, 0.05) is 18.2 Å². The monoisotopic (exact) mass is 461 g/mol. The third kappa shape index (κ3) is 5.27. The average Bonchev–Trinajstić information content (AvgIpc) is 3.52. The molecule has 2 aromatic carbocycles. The van der Waals surface area contributed by atoms with Gasteiger partial charge in [-0.05, 0) is 61.1 Å². The summed E-state index contributed by atoms with van der Waals surface area (Å²) < 4.78 is 7.83. The number of aromatic nitrogens is 3. The van der Waals surface area contributed by atoms with Crippen molar-refractivity contribution in [3.05, 3.63) is 71.0 Å². The Morgan fingerprint density at radius 3 is 2.41 bits per heavy atom. The molecule has 3 aromatic rings. The molecule has 0 aliphatic heterocycles. The van der Waals surface area contributed by atoms with Crippen LogP contribution in [0, 0.1) is 0 Å². The Morgan fingerprint density at radius 2 is 1.76 bits per heavy atom. The van der Waals surface area contributed by atoms with Crippen LogP contribution in [0.15, 0.2) is 48.5 Å². The maximum Gasteiger partial charge on any atom is 0.274 e. The van der Waals surface area contributed by atoms with Crippen molar-refractivity contribution in [2.24, 2.45) is 0 Å².